The molecule has 0 aromatic carbocycles. The second kappa shape index (κ2) is 4.91. The van der Waals surface area contributed by atoms with E-state index in [9.17, 15) is 4.79 Å². The van der Waals surface area contributed by atoms with Crippen LogP contribution in [0.3, 0.4) is 0 Å². The molecule has 0 radical (unpaired) electrons. The summed E-state index contributed by atoms with van der Waals surface area (Å²) < 4.78 is 8.12. The molecule has 1 N–H and O–H groups in total. The molecule has 1 aliphatic rings. The van der Waals surface area contributed by atoms with E-state index < -0.39 is 11.7 Å². The third-order valence-corrected chi connectivity index (χ3v) is 3.44. The lowest BCUT2D eigenvalue weighted by molar-refractivity contribution is 0.0635. The molecule has 1 aromatic heterocycles. The maximum absolute atomic E-state index is 11.7. The number of halogens is 1. The Morgan fingerprint density at radius 1 is 1.44 bits per heavy atom. The van der Waals surface area contributed by atoms with Crippen LogP contribution >= 0.6 is 15.9 Å². The molecule has 18 heavy (non-hydrogen) atoms. The molecule has 1 aromatic rings. The number of nitrogens with zero attached hydrogens (tertiary/aromatic N) is 2. The molecule has 0 bridgehead atoms. The van der Waals surface area contributed by atoms with Gasteiger partial charge in [-0.25, -0.2) is 9.78 Å². The van der Waals surface area contributed by atoms with Crippen LogP contribution in [0.15, 0.2) is 4.60 Å². The van der Waals surface area contributed by atoms with Gasteiger partial charge in [-0.3, -0.25) is 5.32 Å². The van der Waals surface area contributed by atoms with E-state index in [2.05, 4.69) is 30.8 Å². The number of carbonyl (C=O) groups excluding carboxylic acids is 1. The fraction of sp³-hybridized carbons (Fsp3) is 0.667. The van der Waals surface area contributed by atoms with E-state index >= 15 is 0 Å². The van der Waals surface area contributed by atoms with Crippen LogP contribution in [0.5, 0.6) is 0 Å². The molecule has 0 unspecified atom stereocenters. The van der Waals surface area contributed by atoms with Crippen molar-refractivity contribution in [2.75, 3.05) is 5.32 Å². The van der Waals surface area contributed by atoms with Gasteiger partial charge in [0.1, 0.15) is 16.0 Å². The second-order valence-electron chi connectivity index (χ2n) is 5.40. The van der Waals surface area contributed by atoms with Gasteiger partial charge < -0.3 is 9.30 Å². The first kappa shape index (κ1) is 13.4. The lowest BCUT2D eigenvalue weighted by Crippen LogP contribution is -2.27. The van der Waals surface area contributed by atoms with E-state index in [0.29, 0.717) is 5.82 Å². The minimum Gasteiger partial charge on any atom is -0.444 e. The number of imidazole rings is 1. The highest BCUT2D eigenvalue weighted by molar-refractivity contribution is 9.10. The number of nitrogens with one attached hydrogen (secondary N) is 1. The molecule has 0 fully saturated rings. The van der Waals surface area contributed by atoms with Crippen LogP contribution in [0.1, 0.15) is 39.4 Å². The standard InChI is InChI=1S/C12H18BrN3O2/c1-12(2,3)18-11(17)15-10-9(13)16-7-5-4-6-8(16)14-10/h4-7H2,1-3H3,(H,15,17). The highest BCUT2D eigenvalue weighted by Crippen LogP contribution is 2.28. The van der Waals surface area contributed by atoms with Crippen LogP contribution in [-0.4, -0.2) is 21.2 Å². The minimum absolute atomic E-state index is 0.473. The number of anilines is 1. The molecule has 0 saturated heterocycles. The van der Waals surface area contributed by atoms with Crippen molar-refractivity contribution in [2.45, 2.75) is 52.2 Å². The summed E-state index contributed by atoms with van der Waals surface area (Å²) in [5.41, 5.74) is -0.504. The molecule has 2 rings (SSSR count). The third kappa shape index (κ3) is 3.04. The first-order chi connectivity index (χ1) is 8.37. The predicted octanol–water partition coefficient (Wildman–Crippen LogP) is 3.33. The molecule has 1 aliphatic heterocycles. The Labute approximate surface area is 115 Å². The molecule has 1 amide bonds. The summed E-state index contributed by atoms with van der Waals surface area (Å²) in [7, 11) is 0. The van der Waals surface area contributed by atoms with Crippen molar-refractivity contribution in [3.63, 3.8) is 0 Å². The maximum Gasteiger partial charge on any atom is 0.413 e. The second-order valence-corrected chi connectivity index (χ2v) is 6.15. The lowest BCUT2D eigenvalue weighted by Gasteiger charge is -2.19. The Morgan fingerprint density at radius 3 is 2.78 bits per heavy atom. The normalized spacial score (nSPS) is 15.1. The number of rotatable bonds is 1. The van der Waals surface area contributed by atoms with Gasteiger partial charge in [-0.1, -0.05) is 0 Å². The summed E-state index contributed by atoms with van der Waals surface area (Å²) in [5, 5.41) is 2.68. The van der Waals surface area contributed by atoms with Gasteiger partial charge in [0.05, 0.1) is 0 Å². The quantitative estimate of drug-likeness (QED) is 0.864. The Bertz CT molecular complexity index is 463. The van der Waals surface area contributed by atoms with Gasteiger partial charge in [-0.15, -0.1) is 0 Å². The summed E-state index contributed by atoms with van der Waals surface area (Å²) in [6.07, 6.45) is 2.77. The van der Waals surface area contributed by atoms with Crippen molar-refractivity contribution in [3.8, 4) is 0 Å². The molecule has 6 heteroatoms. The van der Waals surface area contributed by atoms with Crippen molar-refractivity contribution < 1.29 is 9.53 Å². The molecule has 2 heterocycles. The largest absolute Gasteiger partial charge is 0.444 e. The topological polar surface area (TPSA) is 56.1 Å². The van der Waals surface area contributed by atoms with Crippen molar-refractivity contribution in [1.82, 2.24) is 9.55 Å². The Hall–Kier alpha value is -1.04. The van der Waals surface area contributed by atoms with E-state index in [1.807, 2.05) is 20.8 Å². The monoisotopic (exact) mass is 315 g/mol. The van der Waals surface area contributed by atoms with Crippen LogP contribution in [0.2, 0.25) is 0 Å². The number of aryl methyl sites for hydroxylation is 1. The van der Waals surface area contributed by atoms with E-state index in [4.69, 9.17) is 4.74 Å². The van der Waals surface area contributed by atoms with E-state index in [0.717, 1.165) is 36.2 Å². The highest BCUT2D eigenvalue weighted by atomic mass is 79.9. The van der Waals surface area contributed by atoms with Crippen LogP contribution in [0, 0.1) is 0 Å². The molecule has 0 spiro atoms. The molecular formula is C12H18BrN3O2. The van der Waals surface area contributed by atoms with Crippen molar-refractivity contribution in [2.24, 2.45) is 0 Å². The zero-order valence-corrected chi connectivity index (χ0v) is 12.5. The predicted molar refractivity (Wildman–Crippen MR) is 72.7 cm³/mol. The van der Waals surface area contributed by atoms with Crippen LogP contribution in [0.25, 0.3) is 0 Å². The van der Waals surface area contributed by atoms with Crippen LogP contribution < -0.4 is 5.32 Å². The Kier molecular flexibility index (Phi) is 3.66. The average molecular weight is 316 g/mol. The molecule has 0 atom stereocenters. The van der Waals surface area contributed by atoms with E-state index in [-0.39, 0.29) is 0 Å². The smallest absolute Gasteiger partial charge is 0.413 e. The lowest BCUT2D eigenvalue weighted by atomic mass is 10.2. The van der Waals surface area contributed by atoms with Gasteiger partial charge in [0.15, 0.2) is 5.82 Å². The first-order valence-electron chi connectivity index (χ1n) is 6.12. The summed E-state index contributed by atoms with van der Waals surface area (Å²) in [4.78, 5) is 16.1. The van der Waals surface area contributed by atoms with Gasteiger partial charge in [-0.05, 0) is 49.5 Å². The van der Waals surface area contributed by atoms with Crippen molar-refractivity contribution >= 4 is 27.8 Å². The zero-order chi connectivity index (χ0) is 13.3. The van der Waals surface area contributed by atoms with Gasteiger partial charge in [0.2, 0.25) is 0 Å². The Balaban J connectivity index is 2.10. The number of carbonyl (C=O) groups is 1. The number of aromatic nitrogens is 2. The minimum atomic E-state index is -0.504. The zero-order valence-electron chi connectivity index (χ0n) is 10.9. The number of amides is 1. The molecule has 5 nitrogen and oxygen atoms in total. The van der Waals surface area contributed by atoms with Crippen LogP contribution in [-0.2, 0) is 17.7 Å². The van der Waals surface area contributed by atoms with Gasteiger partial charge in [-0.2, -0.15) is 0 Å². The summed E-state index contributed by atoms with van der Waals surface area (Å²) in [5.74, 6) is 1.56. The maximum atomic E-state index is 11.7. The third-order valence-electron chi connectivity index (χ3n) is 2.64. The number of hydrogen-bond acceptors (Lipinski definition) is 3. The van der Waals surface area contributed by atoms with Gasteiger partial charge in [0, 0.05) is 13.0 Å². The summed E-state index contributed by atoms with van der Waals surface area (Å²) >= 11 is 3.48. The molecular weight excluding hydrogens is 298 g/mol. The van der Waals surface area contributed by atoms with Gasteiger partial charge in [0.25, 0.3) is 0 Å². The fourth-order valence-electron chi connectivity index (χ4n) is 1.93. The highest BCUT2D eigenvalue weighted by Gasteiger charge is 2.22. The van der Waals surface area contributed by atoms with Crippen molar-refractivity contribution in [3.05, 3.63) is 10.4 Å². The number of fused-ring (bicyclic) bond motifs is 1. The average Bonchev–Trinajstić information content (AvgIpc) is 2.54. The van der Waals surface area contributed by atoms with Crippen LogP contribution in [0.4, 0.5) is 10.6 Å². The molecule has 0 saturated carbocycles. The summed E-state index contributed by atoms with van der Waals surface area (Å²) in [6, 6.07) is 0. The van der Waals surface area contributed by atoms with E-state index in [1.165, 1.54) is 0 Å². The van der Waals surface area contributed by atoms with Crippen molar-refractivity contribution in [1.29, 1.82) is 0 Å². The molecule has 100 valence electrons. The SMILES string of the molecule is CC(C)(C)OC(=O)Nc1nc2n(c1Br)CCCC2. The fourth-order valence-corrected chi connectivity index (χ4v) is 2.50. The molecule has 0 aliphatic carbocycles. The Morgan fingerprint density at radius 2 is 2.17 bits per heavy atom. The summed E-state index contributed by atoms with van der Waals surface area (Å²) in [6.45, 7) is 6.44. The number of ether oxygens (including phenoxy) is 1. The van der Waals surface area contributed by atoms with E-state index in [1.54, 1.807) is 0 Å². The first-order valence-corrected chi connectivity index (χ1v) is 6.91. The number of hydrogen-bond donors (Lipinski definition) is 1. The van der Waals surface area contributed by atoms with Gasteiger partial charge >= 0.3 is 6.09 Å².